The largest absolute Gasteiger partial charge is 0.399 e. The van der Waals surface area contributed by atoms with Crippen molar-refractivity contribution in [3.63, 3.8) is 0 Å². The highest BCUT2D eigenvalue weighted by Crippen LogP contribution is 2.24. The molecule has 1 aliphatic rings. The van der Waals surface area contributed by atoms with Gasteiger partial charge in [-0.05, 0) is 18.2 Å². The van der Waals surface area contributed by atoms with Crippen LogP contribution in [0.4, 0.5) is 10.1 Å². The quantitative estimate of drug-likeness (QED) is 0.751. The monoisotopic (exact) mass is 290 g/mol. The number of anilines is 1. The van der Waals surface area contributed by atoms with Crippen molar-refractivity contribution in [3.05, 3.63) is 24.0 Å². The number of aliphatic hydroxyl groups is 1. The normalized spacial score (nSPS) is 21.5. The van der Waals surface area contributed by atoms with E-state index in [1.54, 1.807) is 0 Å². The number of morpholine rings is 1. The molecule has 6 nitrogen and oxygen atoms in total. The van der Waals surface area contributed by atoms with E-state index in [1.165, 1.54) is 6.07 Å². The molecule has 2 rings (SSSR count). The summed E-state index contributed by atoms with van der Waals surface area (Å²) in [6.45, 7) is -0.0235. The van der Waals surface area contributed by atoms with Crippen LogP contribution in [0.2, 0.25) is 0 Å². The Labute approximate surface area is 110 Å². The molecule has 1 aliphatic heterocycles. The average molecular weight is 290 g/mol. The van der Waals surface area contributed by atoms with Crippen LogP contribution in [0.15, 0.2) is 23.1 Å². The van der Waals surface area contributed by atoms with Crippen molar-refractivity contribution in [2.75, 3.05) is 32.1 Å². The topological polar surface area (TPSA) is 92.9 Å². The van der Waals surface area contributed by atoms with Crippen LogP contribution < -0.4 is 5.73 Å². The van der Waals surface area contributed by atoms with E-state index in [9.17, 15) is 17.9 Å². The van der Waals surface area contributed by atoms with Crippen LogP contribution in [-0.2, 0) is 14.8 Å². The molecule has 1 saturated heterocycles. The van der Waals surface area contributed by atoms with Gasteiger partial charge in [-0.25, -0.2) is 12.8 Å². The lowest BCUT2D eigenvalue weighted by atomic mass is 10.3. The van der Waals surface area contributed by atoms with Crippen molar-refractivity contribution in [1.82, 2.24) is 4.31 Å². The predicted octanol–water partition coefficient (Wildman–Crippen LogP) is -0.210. The summed E-state index contributed by atoms with van der Waals surface area (Å²) in [5.74, 6) is -0.864. The van der Waals surface area contributed by atoms with Gasteiger partial charge >= 0.3 is 0 Å². The summed E-state index contributed by atoms with van der Waals surface area (Å²) >= 11 is 0. The maximum absolute atomic E-state index is 13.7. The van der Waals surface area contributed by atoms with Gasteiger partial charge in [0, 0.05) is 12.2 Å². The second kappa shape index (κ2) is 5.41. The second-order valence-electron chi connectivity index (χ2n) is 4.22. The van der Waals surface area contributed by atoms with E-state index in [0.29, 0.717) is 0 Å². The lowest BCUT2D eigenvalue weighted by molar-refractivity contribution is 0.0108. The van der Waals surface area contributed by atoms with Crippen LogP contribution in [0.25, 0.3) is 0 Å². The maximum atomic E-state index is 13.7. The standard InChI is InChI=1S/C11H15FN2O4S/c12-10-2-1-8(13)5-11(10)19(16,17)14-3-4-18-7-9(14)6-15/h1-2,5,9,15H,3-4,6-7,13H2. The van der Waals surface area contributed by atoms with Gasteiger partial charge < -0.3 is 15.6 Å². The van der Waals surface area contributed by atoms with Crippen LogP contribution >= 0.6 is 0 Å². The van der Waals surface area contributed by atoms with Crippen LogP contribution in [0.1, 0.15) is 0 Å². The summed E-state index contributed by atoms with van der Waals surface area (Å²) < 4.78 is 44.6. The summed E-state index contributed by atoms with van der Waals surface area (Å²) in [7, 11) is -4.04. The van der Waals surface area contributed by atoms with Crippen molar-refractivity contribution in [2.45, 2.75) is 10.9 Å². The molecule has 3 N–H and O–H groups in total. The molecule has 19 heavy (non-hydrogen) atoms. The third-order valence-corrected chi connectivity index (χ3v) is 4.89. The second-order valence-corrected chi connectivity index (χ2v) is 6.08. The number of rotatable bonds is 3. The van der Waals surface area contributed by atoms with Gasteiger partial charge in [0.15, 0.2) is 0 Å². The van der Waals surface area contributed by atoms with E-state index in [0.717, 1.165) is 16.4 Å². The molecule has 1 atom stereocenters. The maximum Gasteiger partial charge on any atom is 0.246 e. The van der Waals surface area contributed by atoms with Crippen molar-refractivity contribution >= 4 is 15.7 Å². The van der Waals surface area contributed by atoms with Crippen molar-refractivity contribution in [2.24, 2.45) is 0 Å². The zero-order chi connectivity index (χ0) is 14.0. The molecule has 0 saturated carbocycles. The summed E-state index contributed by atoms with van der Waals surface area (Å²) in [6.07, 6.45) is 0. The molecule has 1 aromatic rings. The smallest absolute Gasteiger partial charge is 0.246 e. The molecular formula is C11H15FN2O4S. The minimum absolute atomic E-state index is 0.0712. The number of benzene rings is 1. The van der Waals surface area contributed by atoms with Gasteiger partial charge in [-0.3, -0.25) is 0 Å². The minimum Gasteiger partial charge on any atom is -0.399 e. The van der Waals surface area contributed by atoms with Gasteiger partial charge in [0.2, 0.25) is 10.0 Å². The Bertz CT molecular complexity index is 564. The first-order chi connectivity index (χ1) is 8.96. The number of aliphatic hydroxyl groups excluding tert-OH is 1. The molecule has 0 spiro atoms. The molecule has 106 valence electrons. The summed E-state index contributed by atoms with van der Waals surface area (Å²) in [5.41, 5.74) is 5.66. The Morgan fingerprint density at radius 3 is 2.95 bits per heavy atom. The number of hydrogen-bond acceptors (Lipinski definition) is 5. The van der Waals surface area contributed by atoms with Gasteiger partial charge in [-0.1, -0.05) is 0 Å². The first-order valence-corrected chi connectivity index (χ1v) is 7.16. The Morgan fingerprint density at radius 1 is 1.53 bits per heavy atom. The Hall–Kier alpha value is -1.22. The number of ether oxygens (including phenoxy) is 1. The third-order valence-electron chi connectivity index (χ3n) is 2.93. The molecule has 0 aromatic heterocycles. The first-order valence-electron chi connectivity index (χ1n) is 5.72. The van der Waals surface area contributed by atoms with Crippen LogP contribution in [0.5, 0.6) is 0 Å². The molecule has 0 aliphatic carbocycles. The van der Waals surface area contributed by atoms with E-state index in [4.69, 9.17) is 10.5 Å². The first kappa shape index (κ1) is 14.2. The Morgan fingerprint density at radius 2 is 2.26 bits per heavy atom. The zero-order valence-electron chi connectivity index (χ0n) is 10.1. The number of halogens is 1. The summed E-state index contributed by atoms with van der Waals surface area (Å²) in [4.78, 5) is -0.479. The lowest BCUT2D eigenvalue weighted by Crippen LogP contribution is -2.50. The van der Waals surface area contributed by atoms with Gasteiger partial charge in [-0.2, -0.15) is 4.31 Å². The van der Waals surface area contributed by atoms with Gasteiger partial charge in [0.05, 0.1) is 25.9 Å². The van der Waals surface area contributed by atoms with Gasteiger partial charge in [0.25, 0.3) is 0 Å². The van der Waals surface area contributed by atoms with E-state index in [1.807, 2.05) is 0 Å². The highest BCUT2D eigenvalue weighted by atomic mass is 32.2. The SMILES string of the molecule is Nc1ccc(F)c(S(=O)(=O)N2CCOCC2CO)c1. The molecule has 1 heterocycles. The molecular weight excluding hydrogens is 275 g/mol. The average Bonchev–Trinajstić information content (AvgIpc) is 2.41. The number of sulfonamides is 1. The van der Waals surface area contributed by atoms with Crippen molar-refractivity contribution < 1.29 is 22.7 Å². The van der Waals surface area contributed by atoms with Crippen LogP contribution in [-0.4, -0.2) is 50.2 Å². The molecule has 0 bridgehead atoms. The Kier molecular flexibility index (Phi) is 4.04. The van der Waals surface area contributed by atoms with Crippen molar-refractivity contribution in [1.29, 1.82) is 0 Å². The van der Waals surface area contributed by atoms with Crippen molar-refractivity contribution in [3.8, 4) is 0 Å². The fourth-order valence-corrected chi connectivity index (χ4v) is 3.63. The zero-order valence-corrected chi connectivity index (χ0v) is 10.9. The van der Waals surface area contributed by atoms with E-state index in [-0.39, 0.29) is 32.1 Å². The van der Waals surface area contributed by atoms with E-state index in [2.05, 4.69) is 0 Å². The molecule has 0 amide bonds. The molecule has 0 radical (unpaired) electrons. The predicted molar refractivity (Wildman–Crippen MR) is 66.4 cm³/mol. The lowest BCUT2D eigenvalue weighted by Gasteiger charge is -2.33. The fourth-order valence-electron chi connectivity index (χ4n) is 1.94. The third kappa shape index (κ3) is 2.71. The van der Waals surface area contributed by atoms with E-state index >= 15 is 0 Å². The van der Waals surface area contributed by atoms with E-state index < -0.39 is 26.8 Å². The minimum atomic E-state index is -4.04. The molecule has 1 aromatic carbocycles. The van der Waals surface area contributed by atoms with Gasteiger partial charge in [-0.15, -0.1) is 0 Å². The van der Waals surface area contributed by atoms with Gasteiger partial charge in [0.1, 0.15) is 10.7 Å². The number of nitrogens with two attached hydrogens (primary N) is 1. The highest BCUT2D eigenvalue weighted by Gasteiger charge is 2.35. The Balaban J connectivity index is 2.43. The number of hydrogen-bond donors (Lipinski definition) is 2. The summed E-state index contributed by atoms with van der Waals surface area (Å²) in [5, 5.41) is 9.19. The molecule has 8 heteroatoms. The number of nitrogen functional groups attached to an aromatic ring is 1. The summed E-state index contributed by atoms with van der Waals surface area (Å²) in [6, 6.07) is 2.67. The van der Waals surface area contributed by atoms with Crippen LogP contribution in [0.3, 0.4) is 0 Å². The molecule has 1 fully saturated rings. The molecule has 1 unspecified atom stereocenters. The van der Waals surface area contributed by atoms with Crippen LogP contribution in [0, 0.1) is 5.82 Å². The fraction of sp³-hybridized carbons (Fsp3) is 0.455. The highest BCUT2D eigenvalue weighted by molar-refractivity contribution is 7.89. The number of nitrogens with zero attached hydrogens (tertiary/aromatic N) is 1.